The van der Waals surface area contributed by atoms with Gasteiger partial charge in [-0.05, 0) is 62.9 Å². The van der Waals surface area contributed by atoms with E-state index in [4.69, 9.17) is 23.7 Å². The van der Waals surface area contributed by atoms with Crippen LogP contribution in [0.3, 0.4) is 0 Å². The highest BCUT2D eigenvalue weighted by Crippen LogP contribution is 2.51. The summed E-state index contributed by atoms with van der Waals surface area (Å²) in [5, 5.41) is 10.8. The second-order valence-corrected chi connectivity index (χ2v) is 8.05. The van der Waals surface area contributed by atoms with Gasteiger partial charge in [0, 0.05) is 14.2 Å². The second-order valence-electron chi connectivity index (χ2n) is 5.90. The lowest BCUT2D eigenvalue weighted by Gasteiger charge is -2.41. The highest BCUT2D eigenvalue weighted by atomic mass is 127. The van der Waals surface area contributed by atoms with Gasteiger partial charge in [-0.25, -0.2) is 0 Å². The van der Waals surface area contributed by atoms with Crippen molar-refractivity contribution < 1.29 is 33.6 Å². The van der Waals surface area contributed by atoms with Crippen molar-refractivity contribution >= 4 is 51.0 Å². The van der Waals surface area contributed by atoms with Gasteiger partial charge in [0.2, 0.25) is 17.7 Å². The second kappa shape index (κ2) is 8.20. The Kier molecular flexibility index (Phi) is 6.27. The Hall–Kier alpha value is -1.31. The SMILES string of the molecule is COc1ccc([C@@]2(OC)C(=O)c3c(O)c(I)c(OC)c(I)c3O[C@@H]2OC)cc1. The number of methoxy groups -OCH3 is 4. The number of halogens is 2. The van der Waals surface area contributed by atoms with E-state index in [0.29, 0.717) is 24.2 Å². The van der Waals surface area contributed by atoms with Crippen LogP contribution in [0.2, 0.25) is 0 Å². The van der Waals surface area contributed by atoms with Crippen LogP contribution in [0.15, 0.2) is 24.3 Å². The molecule has 0 saturated carbocycles. The fraction of sp³-hybridized carbons (Fsp3) is 0.316. The van der Waals surface area contributed by atoms with Gasteiger partial charge in [-0.2, -0.15) is 0 Å². The van der Waals surface area contributed by atoms with Gasteiger partial charge in [0.1, 0.15) is 17.1 Å². The van der Waals surface area contributed by atoms with E-state index in [1.54, 1.807) is 31.4 Å². The number of phenolic OH excluding ortho intramolecular Hbond substituents is 1. The van der Waals surface area contributed by atoms with Gasteiger partial charge in [-0.3, -0.25) is 4.79 Å². The molecule has 3 rings (SSSR count). The van der Waals surface area contributed by atoms with Gasteiger partial charge in [0.25, 0.3) is 0 Å². The van der Waals surface area contributed by atoms with E-state index in [-0.39, 0.29) is 17.1 Å². The monoisotopic (exact) mass is 612 g/mol. The van der Waals surface area contributed by atoms with Crippen LogP contribution in [-0.4, -0.2) is 45.6 Å². The average molecular weight is 612 g/mol. The van der Waals surface area contributed by atoms with Crippen molar-refractivity contribution in [1.82, 2.24) is 0 Å². The zero-order chi connectivity index (χ0) is 20.6. The number of rotatable bonds is 5. The maximum absolute atomic E-state index is 13.7. The van der Waals surface area contributed by atoms with Crippen LogP contribution in [0.1, 0.15) is 15.9 Å². The zero-order valence-corrected chi connectivity index (χ0v) is 19.9. The summed E-state index contributed by atoms with van der Waals surface area (Å²) in [7, 11) is 5.87. The Bertz CT molecular complexity index is 914. The molecule has 2 atom stereocenters. The normalized spacial score (nSPS) is 21.1. The Morgan fingerprint density at radius 2 is 1.68 bits per heavy atom. The number of fused-ring (bicyclic) bond motifs is 1. The number of benzene rings is 2. The van der Waals surface area contributed by atoms with Crippen molar-refractivity contribution in [1.29, 1.82) is 0 Å². The van der Waals surface area contributed by atoms with Gasteiger partial charge in [-0.1, -0.05) is 12.1 Å². The number of ether oxygens (including phenoxy) is 5. The molecule has 1 aliphatic heterocycles. The van der Waals surface area contributed by atoms with Crippen LogP contribution in [0, 0.1) is 7.14 Å². The first kappa shape index (κ1) is 21.4. The first-order chi connectivity index (χ1) is 13.4. The molecule has 0 amide bonds. The van der Waals surface area contributed by atoms with Crippen LogP contribution in [-0.2, 0) is 15.1 Å². The molecule has 9 heteroatoms. The van der Waals surface area contributed by atoms with Gasteiger partial charge >= 0.3 is 0 Å². The fourth-order valence-corrected chi connectivity index (χ4v) is 5.41. The van der Waals surface area contributed by atoms with E-state index in [2.05, 4.69) is 0 Å². The molecule has 0 radical (unpaired) electrons. The maximum Gasteiger partial charge on any atom is 0.241 e. The number of hydrogen-bond acceptors (Lipinski definition) is 7. The highest BCUT2D eigenvalue weighted by molar-refractivity contribution is 14.1. The molecule has 0 spiro atoms. The topological polar surface area (TPSA) is 83.5 Å². The molecule has 0 unspecified atom stereocenters. The lowest BCUT2D eigenvalue weighted by molar-refractivity contribution is -0.186. The van der Waals surface area contributed by atoms with Gasteiger partial charge in [0.05, 0.1) is 21.4 Å². The van der Waals surface area contributed by atoms with Crippen LogP contribution in [0.25, 0.3) is 0 Å². The molecule has 0 aliphatic carbocycles. The first-order valence-corrected chi connectivity index (χ1v) is 10.2. The van der Waals surface area contributed by atoms with Crippen LogP contribution in [0.5, 0.6) is 23.0 Å². The predicted octanol–water partition coefficient (Wildman–Crippen LogP) is 3.71. The highest BCUT2D eigenvalue weighted by Gasteiger charge is 2.56. The van der Waals surface area contributed by atoms with Crippen molar-refractivity contribution in [2.75, 3.05) is 28.4 Å². The van der Waals surface area contributed by atoms with E-state index in [9.17, 15) is 9.90 Å². The Balaban J connectivity index is 2.29. The molecule has 1 heterocycles. The third kappa shape index (κ3) is 3.02. The number of phenols is 1. The smallest absolute Gasteiger partial charge is 0.241 e. The van der Waals surface area contributed by atoms with Crippen molar-refractivity contribution in [3.63, 3.8) is 0 Å². The molecule has 2 aromatic rings. The molecule has 1 aliphatic rings. The van der Waals surface area contributed by atoms with Crippen molar-refractivity contribution in [2.45, 2.75) is 11.9 Å². The summed E-state index contributed by atoms with van der Waals surface area (Å²) in [6.07, 6.45) is -1.08. The molecule has 2 aromatic carbocycles. The van der Waals surface area contributed by atoms with Crippen molar-refractivity contribution in [3.05, 3.63) is 42.5 Å². The summed E-state index contributed by atoms with van der Waals surface area (Å²) in [6, 6.07) is 6.84. The van der Waals surface area contributed by atoms with Crippen LogP contribution < -0.4 is 14.2 Å². The van der Waals surface area contributed by atoms with E-state index in [0.717, 1.165) is 0 Å². The van der Waals surface area contributed by atoms with E-state index in [1.165, 1.54) is 21.3 Å². The minimum Gasteiger partial charge on any atom is -0.506 e. The van der Waals surface area contributed by atoms with E-state index >= 15 is 0 Å². The van der Waals surface area contributed by atoms with Crippen LogP contribution >= 0.6 is 45.2 Å². The largest absolute Gasteiger partial charge is 0.506 e. The minimum absolute atomic E-state index is 0.0283. The number of carbonyl (C=O) groups is 1. The van der Waals surface area contributed by atoms with Gasteiger partial charge < -0.3 is 28.8 Å². The number of Topliss-reactive ketones (excluding diaryl/α,β-unsaturated/α-hetero) is 1. The van der Waals surface area contributed by atoms with Crippen LogP contribution in [0.4, 0.5) is 0 Å². The summed E-state index contributed by atoms with van der Waals surface area (Å²) in [5.41, 5.74) is -1.06. The fourth-order valence-electron chi connectivity index (χ4n) is 3.24. The average Bonchev–Trinajstić information content (AvgIpc) is 2.72. The molecule has 0 saturated heterocycles. The van der Waals surface area contributed by atoms with Gasteiger partial charge in [-0.15, -0.1) is 0 Å². The zero-order valence-electron chi connectivity index (χ0n) is 15.5. The molecule has 0 bridgehead atoms. The Labute approximate surface area is 189 Å². The number of hydrogen-bond donors (Lipinski definition) is 1. The third-order valence-electron chi connectivity index (χ3n) is 4.65. The molecule has 28 heavy (non-hydrogen) atoms. The number of carbonyl (C=O) groups excluding carboxylic acids is 1. The van der Waals surface area contributed by atoms with Crippen molar-refractivity contribution in [3.8, 4) is 23.0 Å². The molecule has 1 N–H and O–H groups in total. The number of aromatic hydroxyl groups is 1. The Morgan fingerprint density at radius 3 is 2.18 bits per heavy atom. The molecule has 7 nitrogen and oxygen atoms in total. The predicted molar refractivity (Wildman–Crippen MR) is 118 cm³/mol. The van der Waals surface area contributed by atoms with Gasteiger partial charge in [0.15, 0.2) is 11.5 Å². The number of ketones is 1. The summed E-state index contributed by atoms with van der Waals surface area (Å²) in [5.74, 6) is 0.569. The molecule has 0 fully saturated rings. The molecular formula is C19H18I2O7. The van der Waals surface area contributed by atoms with E-state index in [1.807, 2.05) is 45.2 Å². The quantitative estimate of drug-likeness (QED) is 0.516. The molecule has 0 aromatic heterocycles. The Morgan fingerprint density at radius 1 is 1.04 bits per heavy atom. The summed E-state index contributed by atoms with van der Waals surface area (Å²) >= 11 is 3.95. The summed E-state index contributed by atoms with van der Waals surface area (Å²) in [4.78, 5) is 13.7. The molecular weight excluding hydrogens is 594 g/mol. The lowest BCUT2D eigenvalue weighted by atomic mass is 9.82. The summed E-state index contributed by atoms with van der Waals surface area (Å²) in [6.45, 7) is 0. The van der Waals surface area contributed by atoms with Crippen molar-refractivity contribution in [2.24, 2.45) is 0 Å². The lowest BCUT2D eigenvalue weighted by Crippen LogP contribution is -2.55. The maximum atomic E-state index is 13.7. The minimum atomic E-state index is -1.60. The standard InChI is InChI=1S/C19H18I2O7/c1-24-10-7-5-9(6-8-10)19(27-4)17(23)11-14(22)12(20)16(25-2)13(21)15(11)28-18(19)26-3/h5-8,18,22H,1-4H3/t18-,19+/m0/s1. The summed E-state index contributed by atoms with van der Waals surface area (Å²) < 4.78 is 28.8. The molecule has 150 valence electrons. The first-order valence-electron chi connectivity index (χ1n) is 8.09. The van der Waals surface area contributed by atoms with E-state index < -0.39 is 17.7 Å². The third-order valence-corrected chi connectivity index (χ3v) is 6.63.